The summed E-state index contributed by atoms with van der Waals surface area (Å²) in [6.07, 6.45) is -1.35. The summed E-state index contributed by atoms with van der Waals surface area (Å²) in [5.41, 5.74) is 2.43. The second-order valence-electron chi connectivity index (χ2n) is 17.2. The van der Waals surface area contributed by atoms with E-state index in [1.54, 1.807) is 48.4 Å². The summed E-state index contributed by atoms with van der Waals surface area (Å²) in [5, 5.41) is 19.5. The van der Waals surface area contributed by atoms with Crippen LogP contribution in [0.4, 0.5) is 10.5 Å². The van der Waals surface area contributed by atoms with Crippen molar-refractivity contribution in [1.82, 2.24) is 9.80 Å². The van der Waals surface area contributed by atoms with Gasteiger partial charge in [0.25, 0.3) is 0 Å². The van der Waals surface area contributed by atoms with Gasteiger partial charge in [0.1, 0.15) is 36.5 Å². The molecule has 15 heteroatoms. The summed E-state index contributed by atoms with van der Waals surface area (Å²) < 4.78 is 34.9. The van der Waals surface area contributed by atoms with Crippen molar-refractivity contribution < 1.29 is 57.8 Å². The highest BCUT2D eigenvalue weighted by Crippen LogP contribution is 2.66. The fraction of sp³-hybridized carbons (Fsp3) is 0.333. The van der Waals surface area contributed by atoms with Crippen LogP contribution in [0.2, 0.25) is 0 Å². The second-order valence-corrected chi connectivity index (χ2v) is 17.2. The summed E-state index contributed by atoms with van der Waals surface area (Å²) in [4.78, 5) is 67.7. The van der Waals surface area contributed by atoms with Gasteiger partial charge in [0.05, 0.1) is 57.7 Å². The van der Waals surface area contributed by atoms with E-state index in [2.05, 4.69) is 11.8 Å². The van der Waals surface area contributed by atoms with Gasteiger partial charge in [-0.25, -0.2) is 9.69 Å². The zero-order valence-corrected chi connectivity index (χ0v) is 38.5. The first-order valence-electron chi connectivity index (χ1n) is 22.9. The molecule has 4 aliphatic rings. The Hall–Kier alpha value is -7.22. The quantitative estimate of drug-likeness (QED) is 0.0820. The van der Waals surface area contributed by atoms with Gasteiger partial charge in [-0.05, 0) is 82.3 Å². The SMILES string of the molecule is COCCOC(=O)N1C(=O)[C@@]2(c3cc(C#CCCO)ccc31)[C@H](C(=O)N1CCc3cc(OC)c(OC)cc3C1)[C@H]1C(=O)O[C@H](c3ccccc3)[C@H](c3ccccc3)N1[C@@H]2c1cccc(OCCO)c1. The molecule has 15 nitrogen and oxygen atoms in total. The number of methoxy groups -OCH3 is 3. The fourth-order valence-electron chi connectivity index (χ4n) is 10.6. The average molecular weight is 936 g/mol. The Kier molecular flexibility index (Phi) is 13.7. The van der Waals surface area contributed by atoms with E-state index >= 15 is 14.4 Å². The molecule has 0 radical (unpaired) electrons. The molecule has 6 atom stereocenters. The van der Waals surface area contributed by atoms with E-state index in [0.717, 1.165) is 21.6 Å². The smallest absolute Gasteiger partial charge is 0.421 e. The zero-order valence-electron chi connectivity index (χ0n) is 38.5. The first-order chi connectivity index (χ1) is 33.7. The summed E-state index contributed by atoms with van der Waals surface area (Å²) in [6, 6.07) is 31.2. The maximum atomic E-state index is 16.5. The molecule has 5 aromatic carbocycles. The van der Waals surface area contributed by atoms with Crippen LogP contribution in [-0.4, -0.2) is 111 Å². The third-order valence-corrected chi connectivity index (χ3v) is 13.5. The molecule has 4 aliphatic heterocycles. The van der Waals surface area contributed by atoms with E-state index in [0.29, 0.717) is 40.4 Å². The maximum absolute atomic E-state index is 16.5. The average Bonchev–Trinajstić information content (AvgIpc) is 3.84. The number of aliphatic hydroxyl groups is 2. The van der Waals surface area contributed by atoms with Crippen LogP contribution in [0.5, 0.6) is 17.2 Å². The molecule has 3 amide bonds. The standard InChI is InChI=1S/C54H53N3O12/c1-64-27-28-68-53(63)56-42-21-20-34(13-10-11-24-58)29-41(42)54(52(56)62)45(50(60)55-23-22-37-31-43(65-2)44(66-3)32-39(37)33-55)47-51(61)69-48(36-16-8-5-9-17-36)46(35-14-6-4-7-15-35)57(47)49(54)38-18-12-19-40(30-38)67-26-25-59/h4-9,12,14-21,29-32,45-49,58-59H,11,22-28,33H2,1-3H3/t45-,46-,47-,48+,49+,54-/m0/s1. The van der Waals surface area contributed by atoms with Crippen LogP contribution in [-0.2, 0) is 47.0 Å². The van der Waals surface area contributed by atoms with Crippen molar-refractivity contribution in [2.75, 3.05) is 65.8 Å². The molecule has 0 aromatic heterocycles. The highest BCUT2D eigenvalue weighted by Gasteiger charge is 2.76. The molecule has 0 aliphatic carbocycles. The first-order valence-corrected chi connectivity index (χ1v) is 22.9. The largest absolute Gasteiger partial charge is 0.493 e. The molecule has 2 N–H and O–H groups in total. The second kappa shape index (κ2) is 20.2. The number of anilines is 1. The molecule has 9 rings (SSSR count). The van der Waals surface area contributed by atoms with E-state index in [9.17, 15) is 15.0 Å². The van der Waals surface area contributed by atoms with Crippen LogP contribution in [0.25, 0.3) is 0 Å². The van der Waals surface area contributed by atoms with Gasteiger partial charge in [0.2, 0.25) is 11.8 Å². The van der Waals surface area contributed by atoms with Crippen molar-refractivity contribution >= 4 is 29.6 Å². The summed E-state index contributed by atoms with van der Waals surface area (Å²) in [6.45, 7) is -0.308. The van der Waals surface area contributed by atoms with Gasteiger partial charge in [0.15, 0.2) is 11.5 Å². The fourth-order valence-corrected chi connectivity index (χ4v) is 10.6. The number of aliphatic hydroxyl groups excluding tert-OH is 2. The van der Waals surface area contributed by atoms with E-state index in [1.165, 1.54) is 14.2 Å². The molecule has 0 unspecified atom stereocenters. The Morgan fingerprint density at radius 3 is 2.17 bits per heavy atom. The third-order valence-electron chi connectivity index (χ3n) is 13.5. The van der Waals surface area contributed by atoms with Crippen molar-refractivity contribution in [2.24, 2.45) is 5.92 Å². The highest BCUT2D eigenvalue weighted by molar-refractivity contribution is 6.23. The number of hydrogen-bond donors (Lipinski definition) is 2. The molecule has 0 bridgehead atoms. The lowest BCUT2D eigenvalue weighted by Gasteiger charge is -2.46. The molecular weight excluding hydrogens is 883 g/mol. The van der Waals surface area contributed by atoms with Gasteiger partial charge in [0, 0.05) is 32.2 Å². The number of carbonyl (C=O) groups is 4. The van der Waals surface area contributed by atoms with E-state index < -0.39 is 59.4 Å². The molecule has 69 heavy (non-hydrogen) atoms. The number of carbonyl (C=O) groups excluding carboxylic acids is 4. The lowest BCUT2D eigenvalue weighted by molar-refractivity contribution is -0.179. The molecule has 2 saturated heterocycles. The number of esters is 1. The molecule has 1 spiro atoms. The minimum Gasteiger partial charge on any atom is -0.493 e. The minimum atomic E-state index is -2.07. The number of morpholine rings is 1. The van der Waals surface area contributed by atoms with Crippen LogP contribution >= 0.6 is 0 Å². The minimum absolute atomic E-state index is 0.0341. The molecule has 356 valence electrons. The van der Waals surface area contributed by atoms with Crippen molar-refractivity contribution in [3.05, 3.63) is 154 Å². The molecule has 5 aromatic rings. The van der Waals surface area contributed by atoms with Crippen molar-refractivity contribution in [1.29, 1.82) is 0 Å². The first kappa shape index (κ1) is 46.9. The number of hydrogen-bond acceptors (Lipinski definition) is 13. The van der Waals surface area contributed by atoms with Gasteiger partial charge in [-0.2, -0.15) is 0 Å². The van der Waals surface area contributed by atoms with Gasteiger partial charge < -0.3 is 43.5 Å². The molecule has 4 heterocycles. The van der Waals surface area contributed by atoms with Crippen LogP contribution in [0.15, 0.2) is 115 Å². The third kappa shape index (κ3) is 8.33. The van der Waals surface area contributed by atoms with Crippen molar-refractivity contribution in [3.8, 4) is 29.1 Å². The Labute approximate surface area is 400 Å². The normalized spacial score (nSPS) is 22.5. The topological polar surface area (TPSA) is 174 Å². The number of amides is 3. The van der Waals surface area contributed by atoms with Gasteiger partial charge in [-0.3, -0.25) is 19.3 Å². The Morgan fingerprint density at radius 2 is 1.48 bits per heavy atom. The van der Waals surface area contributed by atoms with Gasteiger partial charge in [-0.15, -0.1) is 0 Å². The lowest BCUT2D eigenvalue weighted by atomic mass is 9.64. The van der Waals surface area contributed by atoms with Crippen LogP contribution in [0.1, 0.15) is 63.6 Å². The summed E-state index contributed by atoms with van der Waals surface area (Å²) in [5.74, 6) is 3.87. The van der Waals surface area contributed by atoms with E-state index in [-0.39, 0.29) is 63.8 Å². The number of imide groups is 1. The number of ether oxygens (including phenoxy) is 6. The Balaban J connectivity index is 1.35. The zero-order chi connectivity index (χ0) is 48.2. The van der Waals surface area contributed by atoms with Crippen LogP contribution in [0, 0.1) is 17.8 Å². The molecule has 0 saturated carbocycles. The monoisotopic (exact) mass is 935 g/mol. The van der Waals surface area contributed by atoms with E-state index in [1.807, 2.05) is 83.8 Å². The summed E-state index contributed by atoms with van der Waals surface area (Å²) in [7, 11) is 4.56. The number of rotatable bonds is 13. The van der Waals surface area contributed by atoms with Crippen LogP contribution < -0.4 is 19.1 Å². The number of cyclic esters (lactones) is 1. The Morgan fingerprint density at radius 1 is 0.768 bits per heavy atom. The number of fused-ring (bicyclic) bond motifs is 4. The predicted molar refractivity (Wildman–Crippen MR) is 251 cm³/mol. The summed E-state index contributed by atoms with van der Waals surface area (Å²) >= 11 is 0. The molecule has 2 fully saturated rings. The lowest BCUT2D eigenvalue weighted by Crippen LogP contribution is -2.57. The number of nitrogens with zero attached hydrogens (tertiary/aromatic N) is 3. The van der Waals surface area contributed by atoms with Gasteiger partial charge in [-0.1, -0.05) is 84.6 Å². The van der Waals surface area contributed by atoms with Crippen molar-refractivity contribution in [2.45, 2.75) is 49.0 Å². The van der Waals surface area contributed by atoms with E-state index in [4.69, 9.17) is 28.4 Å². The van der Waals surface area contributed by atoms with Gasteiger partial charge >= 0.3 is 12.1 Å². The predicted octanol–water partition coefficient (Wildman–Crippen LogP) is 5.84. The highest BCUT2D eigenvalue weighted by atomic mass is 16.6. The number of benzene rings is 5. The molecular formula is C54H53N3O12. The van der Waals surface area contributed by atoms with Crippen molar-refractivity contribution in [3.63, 3.8) is 0 Å². The Bertz CT molecular complexity index is 2790. The van der Waals surface area contributed by atoms with Crippen LogP contribution in [0.3, 0.4) is 0 Å². The maximum Gasteiger partial charge on any atom is 0.421 e.